The molecule has 1 N–H and O–H groups in total. The van der Waals surface area contributed by atoms with Crippen molar-refractivity contribution in [3.63, 3.8) is 0 Å². The maximum Gasteiger partial charge on any atom is 2.00 e. The first kappa shape index (κ1) is 11.4. The molecule has 0 amide bonds. The quantitative estimate of drug-likeness (QED) is 0.380. The van der Waals surface area contributed by atoms with Crippen molar-refractivity contribution in [1.29, 1.82) is 0 Å². The summed E-state index contributed by atoms with van der Waals surface area (Å²) in [5.74, 6) is -4.13. The smallest absolute Gasteiger partial charge is 0.547 e. The van der Waals surface area contributed by atoms with Gasteiger partial charge in [-0.3, -0.25) is 0 Å². The Labute approximate surface area is 65.8 Å². The number of aliphatic hydroxyl groups excluding tert-OH is 1. The second-order valence-electron chi connectivity index (χ2n) is 1.04. The molecule has 0 saturated carbocycles. The van der Waals surface area contributed by atoms with Crippen molar-refractivity contribution in [2.75, 3.05) is 0 Å². The molecule has 0 rings (SSSR count). The molecule has 0 aromatic rings. The second kappa shape index (κ2) is 4.51. The van der Waals surface area contributed by atoms with Gasteiger partial charge in [0.15, 0.2) is 0 Å². The van der Waals surface area contributed by atoms with Gasteiger partial charge in [-0.05, 0) is 0 Å². The molecule has 1 radical (unpaired) electrons. The molecule has 0 atom stereocenters. The van der Waals surface area contributed by atoms with Gasteiger partial charge in [0.1, 0.15) is 6.10 Å². The van der Waals surface area contributed by atoms with Gasteiger partial charge in [-0.1, -0.05) is 0 Å². The summed E-state index contributed by atoms with van der Waals surface area (Å²) in [5.41, 5.74) is 0. The Bertz CT molecular complexity index is 107. The molecular weight excluding hydrogens is 224 g/mol. The fourth-order valence-electron chi connectivity index (χ4n) is 0.0962. The van der Waals surface area contributed by atoms with Crippen LogP contribution >= 0.6 is 0 Å². The first-order valence-electron chi connectivity index (χ1n) is 1.65. The largest absolute Gasteiger partial charge is 2.00 e. The van der Waals surface area contributed by atoms with Gasteiger partial charge in [-0.2, -0.15) is 0 Å². The number of carboxylic acid groups (broad SMARTS) is 2. The summed E-state index contributed by atoms with van der Waals surface area (Å²) >= 11 is 0. The minimum absolute atomic E-state index is 0. The number of carbonyl (C=O) groups excluding carboxylic acids is 2. The molecule has 0 fully saturated rings. The average Bonchev–Trinajstić information content (AvgIpc) is 1.64. The zero-order chi connectivity index (χ0) is 6.73. The number of aliphatic carboxylic acids is 2. The zero-order valence-electron chi connectivity index (χ0n) is 3.96. The van der Waals surface area contributed by atoms with Crippen LogP contribution in [0.3, 0.4) is 0 Å². The molecule has 0 bridgehead atoms. The van der Waals surface area contributed by atoms with Gasteiger partial charge >= 0.3 is 22.4 Å². The van der Waals surface area contributed by atoms with Crippen LogP contribution in [0.2, 0.25) is 0 Å². The molecule has 0 aromatic heterocycles. The van der Waals surface area contributed by atoms with E-state index in [9.17, 15) is 19.8 Å². The van der Waals surface area contributed by atoms with Crippen molar-refractivity contribution in [3.8, 4) is 0 Å². The van der Waals surface area contributed by atoms with Gasteiger partial charge in [0.25, 0.3) is 0 Å². The van der Waals surface area contributed by atoms with E-state index in [1.165, 1.54) is 0 Å². The van der Waals surface area contributed by atoms with Gasteiger partial charge in [0.2, 0.25) is 0 Å². The summed E-state index contributed by atoms with van der Waals surface area (Å²) in [6.07, 6.45) is -2.52. The molecule has 0 aliphatic heterocycles. The number of hydrogen-bond acceptors (Lipinski definition) is 5. The third-order valence-corrected chi connectivity index (χ3v) is 0.447. The van der Waals surface area contributed by atoms with Gasteiger partial charge < -0.3 is 24.9 Å². The van der Waals surface area contributed by atoms with Gasteiger partial charge in [-0.15, -0.1) is 0 Å². The summed E-state index contributed by atoms with van der Waals surface area (Å²) in [4.78, 5) is 18.7. The standard InChI is InChI=1S/C3H4O5.Ag/c4-1(2(5)6)3(7)8;/h1,4H,(H,5,6)(H,7,8);/q;+2/p-2. The van der Waals surface area contributed by atoms with E-state index in [2.05, 4.69) is 0 Å². The van der Waals surface area contributed by atoms with Gasteiger partial charge in [0, 0.05) is 0 Å². The normalized spacial score (nSPS) is 8.22. The predicted octanol–water partition coefficient (Wildman–Crippen LogP) is -4.16. The molecule has 0 aliphatic rings. The van der Waals surface area contributed by atoms with Crippen LogP contribution in [-0.4, -0.2) is 23.1 Å². The van der Waals surface area contributed by atoms with Crippen LogP contribution in [0.15, 0.2) is 0 Å². The zero-order valence-corrected chi connectivity index (χ0v) is 5.44. The Morgan fingerprint density at radius 1 is 1.22 bits per heavy atom. The van der Waals surface area contributed by atoms with E-state index >= 15 is 0 Å². The van der Waals surface area contributed by atoms with E-state index in [1.807, 2.05) is 0 Å². The Morgan fingerprint density at radius 2 is 1.44 bits per heavy atom. The van der Waals surface area contributed by atoms with Crippen LogP contribution in [0.5, 0.6) is 0 Å². The number of hydrogen-bond donors (Lipinski definition) is 1. The molecule has 0 aliphatic carbocycles. The maximum atomic E-state index is 9.36. The van der Waals surface area contributed by atoms with Crippen LogP contribution in [0.1, 0.15) is 0 Å². The van der Waals surface area contributed by atoms with Gasteiger partial charge in [0.05, 0.1) is 11.9 Å². The fourth-order valence-corrected chi connectivity index (χ4v) is 0.0962. The first-order valence-corrected chi connectivity index (χ1v) is 1.65. The van der Waals surface area contributed by atoms with Crippen LogP contribution in [-0.2, 0) is 32.0 Å². The van der Waals surface area contributed by atoms with Crippen LogP contribution in [0.4, 0.5) is 0 Å². The molecular formula is C3H2AgO5. The van der Waals surface area contributed by atoms with Crippen molar-refractivity contribution in [2.24, 2.45) is 0 Å². The van der Waals surface area contributed by atoms with E-state index in [1.54, 1.807) is 0 Å². The molecule has 0 saturated heterocycles. The molecule has 6 heteroatoms. The monoisotopic (exact) mass is 225 g/mol. The molecule has 0 unspecified atom stereocenters. The summed E-state index contributed by atoms with van der Waals surface area (Å²) in [5, 5.41) is 26.6. The molecule has 0 aromatic carbocycles. The van der Waals surface area contributed by atoms with Crippen molar-refractivity contribution >= 4 is 11.9 Å². The van der Waals surface area contributed by atoms with Crippen LogP contribution in [0, 0.1) is 0 Å². The van der Waals surface area contributed by atoms with E-state index in [4.69, 9.17) is 5.11 Å². The van der Waals surface area contributed by atoms with Crippen molar-refractivity contribution < 1.29 is 47.3 Å². The number of aliphatic hydroxyl groups is 1. The van der Waals surface area contributed by atoms with Crippen molar-refractivity contribution in [3.05, 3.63) is 0 Å². The SMILES string of the molecule is O=C([O-])C(O)C(=O)[O-].[Ag+2]. The summed E-state index contributed by atoms with van der Waals surface area (Å²) < 4.78 is 0. The van der Waals surface area contributed by atoms with E-state index in [-0.39, 0.29) is 22.4 Å². The van der Waals surface area contributed by atoms with Gasteiger partial charge in [-0.25, -0.2) is 0 Å². The third-order valence-electron chi connectivity index (χ3n) is 0.447. The predicted molar refractivity (Wildman–Crippen MR) is 16.0 cm³/mol. The Hall–Kier alpha value is -0.360. The number of rotatable bonds is 2. The third kappa shape index (κ3) is 4.16. The number of carboxylic acids is 2. The molecule has 0 heterocycles. The van der Waals surface area contributed by atoms with Crippen LogP contribution < -0.4 is 10.2 Å². The summed E-state index contributed by atoms with van der Waals surface area (Å²) in [7, 11) is 0. The van der Waals surface area contributed by atoms with Crippen molar-refractivity contribution in [1.82, 2.24) is 0 Å². The van der Waals surface area contributed by atoms with E-state index in [0.29, 0.717) is 0 Å². The van der Waals surface area contributed by atoms with Crippen LogP contribution in [0.25, 0.3) is 0 Å². The minimum Gasteiger partial charge on any atom is -0.547 e. The van der Waals surface area contributed by atoms with Crippen molar-refractivity contribution in [2.45, 2.75) is 6.10 Å². The molecule has 55 valence electrons. The second-order valence-corrected chi connectivity index (χ2v) is 1.04. The molecule has 0 spiro atoms. The minimum atomic E-state index is -2.52. The Balaban J connectivity index is 0. The molecule has 9 heavy (non-hydrogen) atoms. The Kier molecular flexibility index (Phi) is 5.74. The average molecular weight is 226 g/mol. The Morgan fingerprint density at radius 3 is 1.44 bits per heavy atom. The number of carbonyl (C=O) groups is 2. The first-order chi connectivity index (χ1) is 3.55. The topological polar surface area (TPSA) is 100 Å². The van der Waals surface area contributed by atoms with E-state index < -0.39 is 18.0 Å². The van der Waals surface area contributed by atoms with E-state index in [0.717, 1.165) is 0 Å². The summed E-state index contributed by atoms with van der Waals surface area (Å²) in [6.45, 7) is 0. The maximum absolute atomic E-state index is 9.36. The molecule has 5 nitrogen and oxygen atoms in total. The summed E-state index contributed by atoms with van der Waals surface area (Å²) in [6, 6.07) is 0. The fraction of sp³-hybridized carbons (Fsp3) is 0.333.